The minimum atomic E-state index is -0.699. The summed E-state index contributed by atoms with van der Waals surface area (Å²) in [5.74, 6) is 1.08. The lowest BCUT2D eigenvalue weighted by molar-refractivity contribution is -0.134. The molecule has 2 saturated heterocycles. The van der Waals surface area contributed by atoms with Crippen LogP contribution in [-0.4, -0.2) is 93.1 Å². The highest BCUT2D eigenvalue weighted by atomic mass is 16.5. The molecule has 2 aromatic heterocycles. The number of hydrogen-bond donors (Lipinski definition) is 4. The van der Waals surface area contributed by atoms with E-state index in [4.69, 9.17) is 0 Å². The van der Waals surface area contributed by atoms with Crippen LogP contribution in [0.25, 0.3) is 24.3 Å². The van der Waals surface area contributed by atoms with Crippen molar-refractivity contribution in [3.05, 3.63) is 70.8 Å². The van der Waals surface area contributed by atoms with Crippen LogP contribution in [-0.2, 0) is 19.1 Å². The Hall–Kier alpha value is -5.40. The van der Waals surface area contributed by atoms with Gasteiger partial charge in [0.1, 0.15) is 23.7 Å². The van der Waals surface area contributed by atoms with Crippen molar-refractivity contribution in [3.8, 4) is 0 Å². The average Bonchev–Trinajstić information content (AvgIpc) is 3.92. The Morgan fingerprint density at radius 3 is 1.50 bits per heavy atom. The molecule has 0 spiro atoms. The standard InChI is InChI=1S/C34H42N8O6/c1-21(37-33(45)47-3)31(43)41-17-5-7-27(41)29-35-19-25(39-29)15-13-23-9-11-24(12-10-23)14-16-26-20-36-30(40-26)28-8-6-18-42(28)32(44)22(2)38-34(46)48-4/h9-16,19-22,27-28H,5-8,17-18H2,1-4H3,(H,35,39)(H,36,40)(H,37,45)(H,38,46)/b15-13+,16-14+/t21-,22-,27?,28?/m0/s1. The first-order valence-corrected chi connectivity index (χ1v) is 16.0. The van der Waals surface area contributed by atoms with E-state index in [1.54, 1.807) is 36.0 Å². The second kappa shape index (κ2) is 15.5. The zero-order valence-corrected chi connectivity index (χ0v) is 27.6. The van der Waals surface area contributed by atoms with Crippen molar-refractivity contribution < 1.29 is 28.7 Å². The Bertz CT molecular complexity index is 1540. The number of H-pyrrole nitrogens is 2. The summed E-state index contributed by atoms with van der Waals surface area (Å²) in [5, 5.41) is 5.08. The molecule has 2 aliphatic heterocycles. The molecule has 3 aromatic rings. The molecule has 5 rings (SSSR count). The monoisotopic (exact) mass is 658 g/mol. The largest absolute Gasteiger partial charge is 0.453 e. The number of aromatic amines is 2. The van der Waals surface area contributed by atoms with Crippen LogP contribution in [0.1, 0.15) is 85.8 Å². The number of rotatable bonds is 10. The first kappa shape index (κ1) is 33.9. The van der Waals surface area contributed by atoms with Crippen molar-refractivity contribution in [1.29, 1.82) is 0 Å². The van der Waals surface area contributed by atoms with Gasteiger partial charge in [0.25, 0.3) is 0 Å². The zero-order chi connectivity index (χ0) is 34.2. The van der Waals surface area contributed by atoms with Crippen molar-refractivity contribution in [2.75, 3.05) is 27.3 Å². The van der Waals surface area contributed by atoms with Gasteiger partial charge in [-0.15, -0.1) is 0 Å². The van der Waals surface area contributed by atoms with E-state index in [9.17, 15) is 19.2 Å². The first-order valence-electron chi connectivity index (χ1n) is 16.0. The number of benzene rings is 1. The molecule has 254 valence electrons. The Kier molecular flexibility index (Phi) is 10.9. The van der Waals surface area contributed by atoms with Crippen molar-refractivity contribution in [2.24, 2.45) is 0 Å². The number of carbonyl (C=O) groups excluding carboxylic acids is 4. The molecule has 0 bridgehead atoms. The third kappa shape index (κ3) is 8.11. The summed E-state index contributed by atoms with van der Waals surface area (Å²) in [6.45, 7) is 4.49. The van der Waals surface area contributed by atoms with Gasteiger partial charge in [-0.1, -0.05) is 36.4 Å². The summed E-state index contributed by atoms with van der Waals surface area (Å²) < 4.78 is 9.23. The maximum Gasteiger partial charge on any atom is 0.407 e. The molecule has 4 atom stereocenters. The topological polar surface area (TPSA) is 175 Å². The number of hydrogen-bond acceptors (Lipinski definition) is 8. The first-order chi connectivity index (χ1) is 23.2. The van der Waals surface area contributed by atoms with E-state index in [2.05, 4.69) is 40.0 Å². The van der Waals surface area contributed by atoms with E-state index in [-0.39, 0.29) is 23.9 Å². The second-order valence-electron chi connectivity index (χ2n) is 11.9. The second-order valence-corrected chi connectivity index (χ2v) is 11.9. The molecule has 1 aromatic carbocycles. The summed E-state index contributed by atoms with van der Waals surface area (Å²) in [6.07, 6.45) is 13.4. The maximum absolute atomic E-state index is 13.0. The molecule has 14 heteroatoms. The van der Waals surface area contributed by atoms with Crippen LogP contribution in [0, 0.1) is 0 Å². The van der Waals surface area contributed by atoms with Gasteiger partial charge in [-0.25, -0.2) is 19.6 Å². The number of nitrogens with zero attached hydrogens (tertiary/aromatic N) is 4. The van der Waals surface area contributed by atoms with E-state index in [0.717, 1.165) is 48.2 Å². The average molecular weight is 659 g/mol. The van der Waals surface area contributed by atoms with Crippen molar-refractivity contribution in [1.82, 2.24) is 40.4 Å². The summed E-state index contributed by atoms with van der Waals surface area (Å²) in [6, 6.07) is 6.31. The molecule has 14 nitrogen and oxygen atoms in total. The van der Waals surface area contributed by atoms with Crippen molar-refractivity contribution in [3.63, 3.8) is 0 Å². The number of methoxy groups -OCH3 is 2. The molecular formula is C34H42N8O6. The van der Waals surface area contributed by atoms with Gasteiger partial charge in [-0.3, -0.25) is 9.59 Å². The molecule has 0 saturated carbocycles. The fourth-order valence-electron chi connectivity index (χ4n) is 6.02. The normalized spacial score (nSPS) is 19.1. The van der Waals surface area contributed by atoms with Crippen LogP contribution in [0.2, 0.25) is 0 Å². The number of imidazole rings is 2. The van der Waals surface area contributed by atoms with Crippen LogP contribution in [0.5, 0.6) is 0 Å². The number of aromatic nitrogens is 4. The quantitative estimate of drug-likeness (QED) is 0.250. The Labute approximate surface area is 279 Å². The van der Waals surface area contributed by atoms with E-state index in [1.165, 1.54) is 14.2 Å². The maximum atomic E-state index is 13.0. The number of carbonyl (C=O) groups is 4. The molecule has 2 fully saturated rings. The van der Waals surface area contributed by atoms with Gasteiger partial charge in [0.15, 0.2) is 0 Å². The summed E-state index contributed by atoms with van der Waals surface area (Å²) in [4.78, 5) is 68.3. The van der Waals surface area contributed by atoms with Gasteiger partial charge >= 0.3 is 12.2 Å². The van der Waals surface area contributed by atoms with Gasteiger partial charge in [0.2, 0.25) is 11.8 Å². The molecule has 4 heterocycles. The van der Waals surface area contributed by atoms with Crippen molar-refractivity contribution in [2.45, 2.75) is 63.7 Å². The summed E-state index contributed by atoms with van der Waals surface area (Å²) in [7, 11) is 2.53. The molecule has 0 radical (unpaired) electrons. The zero-order valence-electron chi connectivity index (χ0n) is 27.6. The smallest absolute Gasteiger partial charge is 0.407 e. The van der Waals surface area contributed by atoms with Gasteiger partial charge in [-0.2, -0.15) is 0 Å². The molecule has 2 unspecified atom stereocenters. The van der Waals surface area contributed by atoms with Gasteiger partial charge in [0, 0.05) is 13.1 Å². The SMILES string of the molecule is COC(=O)N[C@@H](C)C(=O)N1CCCC1c1ncc(/C=C/c2ccc(/C=C/c3cnc(C4CCCN4C(=O)[C@H](C)NC(=O)OC)[nH]3)cc2)[nH]1. The van der Waals surface area contributed by atoms with Crippen LogP contribution in [0.4, 0.5) is 9.59 Å². The molecule has 48 heavy (non-hydrogen) atoms. The lowest BCUT2D eigenvalue weighted by Crippen LogP contribution is -2.46. The number of likely N-dealkylation sites (tertiary alicyclic amines) is 2. The highest BCUT2D eigenvalue weighted by molar-refractivity contribution is 5.86. The Morgan fingerprint density at radius 1 is 0.729 bits per heavy atom. The van der Waals surface area contributed by atoms with E-state index in [0.29, 0.717) is 24.7 Å². The molecule has 0 aliphatic carbocycles. The van der Waals surface area contributed by atoms with Gasteiger partial charge in [0.05, 0.1) is 50.1 Å². The fourth-order valence-corrected chi connectivity index (χ4v) is 6.02. The third-order valence-electron chi connectivity index (χ3n) is 8.56. The van der Waals surface area contributed by atoms with Crippen molar-refractivity contribution >= 4 is 48.3 Å². The summed E-state index contributed by atoms with van der Waals surface area (Å²) in [5.41, 5.74) is 3.66. The van der Waals surface area contributed by atoms with E-state index < -0.39 is 24.3 Å². The number of nitrogens with one attached hydrogen (secondary N) is 4. The lowest BCUT2D eigenvalue weighted by Gasteiger charge is -2.26. The van der Waals surface area contributed by atoms with Crippen LogP contribution >= 0.6 is 0 Å². The number of alkyl carbamates (subject to hydrolysis) is 2. The third-order valence-corrected chi connectivity index (χ3v) is 8.56. The molecule has 4 amide bonds. The van der Waals surface area contributed by atoms with Gasteiger partial charge in [-0.05, 0) is 62.8 Å². The predicted molar refractivity (Wildman–Crippen MR) is 179 cm³/mol. The van der Waals surface area contributed by atoms with Gasteiger partial charge < -0.3 is 39.9 Å². The van der Waals surface area contributed by atoms with Crippen LogP contribution < -0.4 is 10.6 Å². The lowest BCUT2D eigenvalue weighted by atomic mass is 10.1. The predicted octanol–water partition coefficient (Wildman–Crippen LogP) is 4.29. The van der Waals surface area contributed by atoms with Crippen LogP contribution in [0.15, 0.2) is 36.7 Å². The fraction of sp³-hybridized carbons (Fsp3) is 0.412. The number of ether oxygens (including phenoxy) is 2. The Morgan fingerprint density at radius 2 is 1.12 bits per heavy atom. The molecule has 2 aliphatic rings. The highest BCUT2D eigenvalue weighted by Gasteiger charge is 2.36. The molecular weight excluding hydrogens is 616 g/mol. The molecule has 4 N–H and O–H groups in total. The van der Waals surface area contributed by atoms with E-state index >= 15 is 0 Å². The summed E-state index contributed by atoms with van der Waals surface area (Å²) >= 11 is 0. The minimum Gasteiger partial charge on any atom is -0.453 e. The van der Waals surface area contributed by atoms with E-state index in [1.807, 2.05) is 48.6 Å². The van der Waals surface area contributed by atoms with Crippen LogP contribution in [0.3, 0.4) is 0 Å². The highest BCUT2D eigenvalue weighted by Crippen LogP contribution is 2.32. The Balaban J connectivity index is 1.16. The number of amides is 4. The minimum absolute atomic E-state index is 0.174.